The van der Waals surface area contributed by atoms with Gasteiger partial charge in [0.2, 0.25) is 21.8 Å². The standard InChI is InChI=1S/C26H26N4O4S/c1-29(2)23(31)17-30(35(3,33)34)20-15-13-19(14-16-20)27-25(18-9-5-4-6-10-18)24-21-11-7-8-12-22(21)28-26(24)32/h4-16,24H,17H2,1-3H3,(H,28,32). The van der Waals surface area contributed by atoms with E-state index in [1.54, 1.807) is 38.4 Å². The Morgan fingerprint density at radius 1 is 0.943 bits per heavy atom. The van der Waals surface area contributed by atoms with Gasteiger partial charge in [-0.1, -0.05) is 48.5 Å². The van der Waals surface area contributed by atoms with Crippen molar-refractivity contribution < 1.29 is 18.0 Å². The number of benzene rings is 3. The molecular formula is C26H26N4O4S. The molecule has 180 valence electrons. The number of anilines is 2. The molecule has 4 rings (SSSR count). The first-order valence-corrected chi connectivity index (χ1v) is 12.8. The summed E-state index contributed by atoms with van der Waals surface area (Å²) in [5.74, 6) is -1.08. The molecule has 1 atom stereocenters. The number of hydrogen-bond acceptors (Lipinski definition) is 5. The van der Waals surface area contributed by atoms with Crippen LogP contribution in [0.25, 0.3) is 0 Å². The van der Waals surface area contributed by atoms with Gasteiger partial charge in [-0.25, -0.2) is 8.42 Å². The van der Waals surface area contributed by atoms with Crippen molar-refractivity contribution in [3.05, 3.63) is 90.0 Å². The smallest absolute Gasteiger partial charge is 0.242 e. The summed E-state index contributed by atoms with van der Waals surface area (Å²) in [6, 6.07) is 23.6. The number of likely N-dealkylation sites (N-methyl/N-ethyl adjacent to an activating group) is 1. The minimum absolute atomic E-state index is 0.157. The van der Waals surface area contributed by atoms with E-state index >= 15 is 0 Å². The zero-order chi connectivity index (χ0) is 25.2. The van der Waals surface area contributed by atoms with Crippen LogP contribution >= 0.6 is 0 Å². The van der Waals surface area contributed by atoms with Crippen molar-refractivity contribution in [1.82, 2.24) is 4.90 Å². The Hall–Kier alpha value is -3.98. The second-order valence-electron chi connectivity index (χ2n) is 8.45. The molecule has 1 aliphatic heterocycles. The number of nitrogens with one attached hydrogen (secondary N) is 1. The molecule has 9 heteroatoms. The third kappa shape index (κ3) is 5.25. The molecule has 0 fully saturated rings. The van der Waals surface area contributed by atoms with Gasteiger partial charge in [0.25, 0.3) is 0 Å². The largest absolute Gasteiger partial charge is 0.347 e. The lowest BCUT2D eigenvalue weighted by molar-refractivity contribution is -0.127. The van der Waals surface area contributed by atoms with Gasteiger partial charge in [0.15, 0.2) is 0 Å². The Morgan fingerprint density at radius 2 is 1.57 bits per heavy atom. The summed E-state index contributed by atoms with van der Waals surface area (Å²) in [5.41, 5.74) is 3.91. The van der Waals surface area contributed by atoms with E-state index in [2.05, 4.69) is 5.32 Å². The summed E-state index contributed by atoms with van der Waals surface area (Å²) in [5, 5.41) is 2.92. The van der Waals surface area contributed by atoms with E-state index < -0.39 is 15.9 Å². The van der Waals surface area contributed by atoms with Crippen LogP contribution in [-0.4, -0.2) is 57.7 Å². The number of rotatable bonds is 7. The highest BCUT2D eigenvalue weighted by molar-refractivity contribution is 7.92. The fourth-order valence-corrected chi connectivity index (χ4v) is 4.73. The minimum Gasteiger partial charge on any atom is -0.347 e. The quantitative estimate of drug-likeness (QED) is 0.513. The summed E-state index contributed by atoms with van der Waals surface area (Å²) in [6.07, 6.45) is 1.06. The zero-order valence-electron chi connectivity index (χ0n) is 19.7. The molecule has 0 spiro atoms. The number of amides is 2. The van der Waals surface area contributed by atoms with Crippen molar-refractivity contribution in [3.8, 4) is 0 Å². The first kappa shape index (κ1) is 24.2. The topological polar surface area (TPSA) is 99.2 Å². The van der Waals surface area contributed by atoms with E-state index in [1.165, 1.54) is 4.90 Å². The second-order valence-corrected chi connectivity index (χ2v) is 10.4. The summed E-state index contributed by atoms with van der Waals surface area (Å²) in [6.45, 7) is -0.303. The van der Waals surface area contributed by atoms with Crippen LogP contribution in [0, 0.1) is 0 Å². The van der Waals surface area contributed by atoms with Crippen molar-refractivity contribution in [3.63, 3.8) is 0 Å². The lowest BCUT2D eigenvalue weighted by Gasteiger charge is -2.23. The molecule has 1 heterocycles. The number of carbonyl (C=O) groups excluding carboxylic acids is 2. The molecule has 1 unspecified atom stereocenters. The predicted molar refractivity (Wildman–Crippen MR) is 138 cm³/mol. The van der Waals surface area contributed by atoms with Crippen molar-refractivity contribution in [2.24, 2.45) is 4.99 Å². The molecular weight excluding hydrogens is 464 g/mol. The fourth-order valence-electron chi connectivity index (χ4n) is 3.88. The molecule has 1 aliphatic rings. The van der Waals surface area contributed by atoms with E-state index in [0.29, 0.717) is 17.1 Å². The fraction of sp³-hybridized carbons (Fsp3) is 0.192. The van der Waals surface area contributed by atoms with Crippen molar-refractivity contribution in [2.75, 3.05) is 36.5 Å². The van der Waals surface area contributed by atoms with Crippen LogP contribution in [0.4, 0.5) is 17.1 Å². The molecule has 8 nitrogen and oxygen atoms in total. The number of nitrogens with zero attached hydrogens (tertiary/aromatic N) is 3. The van der Waals surface area contributed by atoms with Crippen molar-refractivity contribution in [2.45, 2.75) is 5.92 Å². The SMILES string of the molecule is CN(C)C(=O)CN(c1ccc(N=C(c2ccccc2)C2C(=O)Nc3ccccc32)cc1)S(C)(=O)=O. The number of fused-ring (bicyclic) bond motifs is 1. The Bertz CT molecular complexity index is 1380. The number of aliphatic imine (C=N–C) groups is 1. The lowest BCUT2D eigenvalue weighted by Crippen LogP contribution is -2.39. The average molecular weight is 491 g/mol. The van der Waals surface area contributed by atoms with Gasteiger partial charge in [-0.2, -0.15) is 0 Å². The van der Waals surface area contributed by atoms with Crippen LogP contribution in [0.2, 0.25) is 0 Å². The van der Waals surface area contributed by atoms with E-state index in [4.69, 9.17) is 4.99 Å². The highest BCUT2D eigenvalue weighted by atomic mass is 32.2. The third-order valence-electron chi connectivity index (χ3n) is 5.70. The normalized spacial score (nSPS) is 15.3. The minimum atomic E-state index is -3.68. The average Bonchev–Trinajstić information content (AvgIpc) is 3.16. The zero-order valence-corrected chi connectivity index (χ0v) is 20.5. The maximum absolute atomic E-state index is 12.9. The first-order valence-electron chi connectivity index (χ1n) is 11.0. The van der Waals surface area contributed by atoms with Gasteiger partial charge in [-0.3, -0.25) is 18.9 Å². The van der Waals surface area contributed by atoms with Gasteiger partial charge >= 0.3 is 0 Å². The monoisotopic (exact) mass is 490 g/mol. The second kappa shape index (κ2) is 9.71. The van der Waals surface area contributed by atoms with Gasteiger partial charge < -0.3 is 10.2 Å². The Kier molecular flexibility index (Phi) is 6.70. The molecule has 2 amide bonds. The molecule has 0 bridgehead atoms. The van der Waals surface area contributed by atoms with Gasteiger partial charge in [0.05, 0.1) is 23.3 Å². The molecule has 0 radical (unpaired) electrons. The summed E-state index contributed by atoms with van der Waals surface area (Å²) in [4.78, 5) is 31.3. The highest BCUT2D eigenvalue weighted by Gasteiger charge is 2.35. The highest BCUT2D eigenvalue weighted by Crippen LogP contribution is 2.36. The Labute approximate surface area is 205 Å². The van der Waals surface area contributed by atoms with E-state index in [-0.39, 0.29) is 18.4 Å². The lowest BCUT2D eigenvalue weighted by atomic mass is 9.90. The van der Waals surface area contributed by atoms with Crippen LogP contribution in [0.1, 0.15) is 17.0 Å². The number of sulfonamides is 1. The maximum atomic E-state index is 12.9. The predicted octanol–water partition coefficient (Wildman–Crippen LogP) is 3.40. The number of carbonyl (C=O) groups is 2. The van der Waals surface area contributed by atoms with Crippen LogP contribution in [0.3, 0.4) is 0 Å². The van der Waals surface area contributed by atoms with Gasteiger partial charge in [0.1, 0.15) is 12.5 Å². The third-order valence-corrected chi connectivity index (χ3v) is 6.84. The van der Waals surface area contributed by atoms with Crippen molar-refractivity contribution in [1.29, 1.82) is 0 Å². The summed E-state index contributed by atoms with van der Waals surface area (Å²) in [7, 11) is -0.537. The van der Waals surface area contributed by atoms with Crippen LogP contribution in [0.5, 0.6) is 0 Å². The van der Waals surface area contributed by atoms with Gasteiger partial charge in [-0.05, 0) is 41.5 Å². The molecule has 0 aliphatic carbocycles. The Balaban J connectivity index is 1.74. The van der Waals surface area contributed by atoms with E-state index in [0.717, 1.165) is 27.4 Å². The van der Waals surface area contributed by atoms with E-state index in [1.807, 2.05) is 54.6 Å². The van der Waals surface area contributed by atoms with Gasteiger partial charge in [0, 0.05) is 19.8 Å². The molecule has 0 aromatic heterocycles. The number of hydrogen-bond donors (Lipinski definition) is 1. The van der Waals surface area contributed by atoms with Crippen LogP contribution in [0.15, 0.2) is 83.9 Å². The van der Waals surface area contributed by atoms with Crippen LogP contribution in [-0.2, 0) is 19.6 Å². The Morgan fingerprint density at radius 3 is 2.20 bits per heavy atom. The summed E-state index contributed by atoms with van der Waals surface area (Å²) >= 11 is 0. The molecule has 0 saturated heterocycles. The summed E-state index contributed by atoms with van der Waals surface area (Å²) < 4.78 is 25.8. The van der Waals surface area contributed by atoms with Gasteiger partial charge in [-0.15, -0.1) is 0 Å². The van der Waals surface area contributed by atoms with Crippen LogP contribution < -0.4 is 9.62 Å². The number of para-hydroxylation sites is 1. The molecule has 3 aromatic carbocycles. The van der Waals surface area contributed by atoms with E-state index in [9.17, 15) is 18.0 Å². The maximum Gasteiger partial charge on any atom is 0.242 e. The molecule has 35 heavy (non-hydrogen) atoms. The molecule has 0 saturated carbocycles. The molecule has 3 aromatic rings. The first-order chi connectivity index (χ1) is 16.6. The van der Waals surface area contributed by atoms with Crippen molar-refractivity contribution >= 4 is 44.6 Å². The molecule has 1 N–H and O–H groups in total.